The van der Waals surface area contributed by atoms with E-state index in [1.807, 2.05) is 0 Å². The first-order chi connectivity index (χ1) is 5.12. The molecule has 0 aliphatic heterocycles. The van der Waals surface area contributed by atoms with Crippen molar-refractivity contribution in [3.05, 3.63) is 0 Å². The summed E-state index contributed by atoms with van der Waals surface area (Å²) in [7, 11) is -1.48. The third kappa shape index (κ3) is 6.77. The second kappa shape index (κ2) is 5.97. The zero-order chi connectivity index (χ0) is 8.74. The van der Waals surface area contributed by atoms with Gasteiger partial charge in [-0.2, -0.15) is 0 Å². The normalized spacial score (nSPS) is 12.0. The van der Waals surface area contributed by atoms with Crippen LogP contribution in [0.4, 0.5) is 0 Å². The molecule has 0 fully saturated rings. The molecule has 0 aromatic carbocycles. The van der Waals surface area contributed by atoms with Gasteiger partial charge in [-0.25, -0.2) is 0 Å². The van der Waals surface area contributed by atoms with Crippen LogP contribution in [-0.2, 0) is 0 Å². The molecule has 0 saturated heterocycles. The molecule has 0 rings (SSSR count). The van der Waals surface area contributed by atoms with Crippen LogP contribution in [0.15, 0.2) is 0 Å². The largest absolute Gasteiger partial charge is 0.252 e. The summed E-state index contributed by atoms with van der Waals surface area (Å²) in [5, 5.41) is 0. The molecule has 0 aromatic heterocycles. The van der Waals surface area contributed by atoms with Gasteiger partial charge in [0.1, 0.15) is 7.49 Å². The minimum Gasteiger partial charge on any atom is -0.252 e. The van der Waals surface area contributed by atoms with E-state index < -0.39 is 7.49 Å². The van der Waals surface area contributed by atoms with Crippen LogP contribution in [0.5, 0.6) is 0 Å². The lowest BCUT2D eigenvalue weighted by molar-refractivity contribution is 0.594. The number of unbranched alkanes of at least 4 members (excludes halogenated alkanes) is 2. The van der Waals surface area contributed by atoms with Crippen LogP contribution >= 0.6 is 7.49 Å². The van der Waals surface area contributed by atoms with Gasteiger partial charge in [-0.1, -0.05) is 26.7 Å². The van der Waals surface area contributed by atoms with Crippen LogP contribution in [0.2, 0.25) is 0 Å². The Kier molecular flexibility index (Phi) is 6.18. The SMILES string of the molecule is CCCC[P+](C)(O)CCCC. The van der Waals surface area contributed by atoms with Gasteiger partial charge in [0.05, 0.1) is 19.0 Å². The average molecular weight is 177 g/mol. The topological polar surface area (TPSA) is 20.2 Å². The molecule has 2 heteroatoms. The lowest BCUT2D eigenvalue weighted by atomic mass is 10.4. The van der Waals surface area contributed by atoms with Crippen LogP contribution in [0.25, 0.3) is 0 Å². The molecule has 0 spiro atoms. The number of rotatable bonds is 6. The molecule has 0 amide bonds. The fraction of sp³-hybridized carbons (Fsp3) is 1.00. The van der Waals surface area contributed by atoms with E-state index >= 15 is 0 Å². The molecule has 0 unspecified atom stereocenters. The Morgan fingerprint density at radius 1 is 1.00 bits per heavy atom. The summed E-state index contributed by atoms with van der Waals surface area (Å²) in [6, 6.07) is 0. The third-order valence-electron chi connectivity index (χ3n) is 1.99. The molecule has 0 atom stereocenters. The Balaban J connectivity index is 3.43. The van der Waals surface area contributed by atoms with Gasteiger partial charge in [-0.05, 0) is 12.8 Å². The van der Waals surface area contributed by atoms with Crippen molar-refractivity contribution in [2.75, 3.05) is 19.0 Å². The molecule has 0 heterocycles. The van der Waals surface area contributed by atoms with Crippen LogP contribution in [-0.4, -0.2) is 23.9 Å². The molecule has 0 radical (unpaired) electrons. The summed E-state index contributed by atoms with van der Waals surface area (Å²) in [4.78, 5) is 9.89. The zero-order valence-electron chi connectivity index (χ0n) is 8.14. The minimum absolute atomic E-state index is 1.07. The van der Waals surface area contributed by atoms with Crippen molar-refractivity contribution in [2.24, 2.45) is 0 Å². The van der Waals surface area contributed by atoms with Gasteiger partial charge >= 0.3 is 0 Å². The lowest BCUT2D eigenvalue weighted by Gasteiger charge is -2.13. The highest BCUT2D eigenvalue weighted by atomic mass is 31.2. The minimum atomic E-state index is -1.48. The van der Waals surface area contributed by atoms with Crippen molar-refractivity contribution < 1.29 is 4.89 Å². The zero-order valence-corrected chi connectivity index (χ0v) is 9.03. The summed E-state index contributed by atoms with van der Waals surface area (Å²) in [5.74, 6) is 0. The van der Waals surface area contributed by atoms with Crippen molar-refractivity contribution in [1.29, 1.82) is 0 Å². The number of hydrogen-bond donors (Lipinski definition) is 1. The third-order valence-corrected chi connectivity index (χ3v) is 4.55. The standard InChI is InChI=1S/C9H22OP/c1-4-6-8-11(3,10)9-7-5-2/h10H,4-9H2,1-3H3/q+1. The van der Waals surface area contributed by atoms with E-state index in [1.165, 1.54) is 25.7 Å². The molecule has 1 nitrogen and oxygen atoms in total. The highest BCUT2D eigenvalue weighted by Gasteiger charge is 2.26. The summed E-state index contributed by atoms with van der Waals surface area (Å²) < 4.78 is 0. The van der Waals surface area contributed by atoms with Crippen LogP contribution in [0.3, 0.4) is 0 Å². The van der Waals surface area contributed by atoms with E-state index in [1.54, 1.807) is 0 Å². The Morgan fingerprint density at radius 3 is 1.64 bits per heavy atom. The second-order valence-corrected chi connectivity index (χ2v) is 7.07. The Hall–Kier alpha value is 0.390. The van der Waals surface area contributed by atoms with E-state index in [4.69, 9.17) is 0 Å². The first kappa shape index (κ1) is 11.4. The van der Waals surface area contributed by atoms with E-state index in [2.05, 4.69) is 20.5 Å². The number of hydrogen-bond acceptors (Lipinski definition) is 1. The van der Waals surface area contributed by atoms with Crippen LogP contribution in [0, 0.1) is 0 Å². The summed E-state index contributed by atoms with van der Waals surface area (Å²) in [6.45, 7) is 6.43. The smallest absolute Gasteiger partial charge is 0.139 e. The van der Waals surface area contributed by atoms with Gasteiger partial charge in [0.15, 0.2) is 0 Å². The summed E-state index contributed by atoms with van der Waals surface area (Å²) >= 11 is 0. The molecule has 11 heavy (non-hydrogen) atoms. The molecule has 0 bridgehead atoms. The van der Waals surface area contributed by atoms with Gasteiger partial charge in [-0.15, -0.1) is 0 Å². The first-order valence-corrected chi connectivity index (χ1v) is 7.25. The predicted molar refractivity (Wildman–Crippen MR) is 54.6 cm³/mol. The van der Waals surface area contributed by atoms with Crippen molar-refractivity contribution in [2.45, 2.75) is 39.5 Å². The fourth-order valence-corrected chi connectivity index (χ4v) is 3.33. The molecule has 0 aromatic rings. The Morgan fingerprint density at radius 2 is 1.36 bits per heavy atom. The van der Waals surface area contributed by atoms with Crippen LogP contribution < -0.4 is 0 Å². The van der Waals surface area contributed by atoms with Gasteiger partial charge in [0.2, 0.25) is 0 Å². The van der Waals surface area contributed by atoms with E-state index in [0.29, 0.717) is 0 Å². The van der Waals surface area contributed by atoms with E-state index in [9.17, 15) is 4.89 Å². The molecule has 0 aliphatic rings. The van der Waals surface area contributed by atoms with Gasteiger partial charge < -0.3 is 0 Å². The van der Waals surface area contributed by atoms with Gasteiger partial charge in [0.25, 0.3) is 0 Å². The molecule has 1 N–H and O–H groups in total. The molecular weight excluding hydrogens is 155 g/mol. The van der Waals surface area contributed by atoms with Gasteiger partial charge in [-0.3, -0.25) is 4.89 Å². The van der Waals surface area contributed by atoms with E-state index in [0.717, 1.165) is 12.3 Å². The van der Waals surface area contributed by atoms with Crippen molar-refractivity contribution in [3.63, 3.8) is 0 Å². The quantitative estimate of drug-likeness (QED) is 0.618. The fourth-order valence-electron chi connectivity index (χ4n) is 1.11. The predicted octanol–water partition coefficient (Wildman–Crippen LogP) is 3.14. The highest BCUT2D eigenvalue weighted by Crippen LogP contribution is 2.51. The summed E-state index contributed by atoms with van der Waals surface area (Å²) in [6.07, 6.45) is 6.96. The first-order valence-electron chi connectivity index (χ1n) is 4.69. The Bertz CT molecular complexity index is 81.6. The van der Waals surface area contributed by atoms with Gasteiger partial charge in [0, 0.05) is 0 Å². The lowest BCUT2D eigenvalue weighted by Crippen LogP contribution is -2.00. The monoisotopic (exact) mass is 177 g/mol. The Labute approximate surface area is 71.6 Å². The van der Waals surface area contributed by atoms with Crippen molar-refractivity contribution in [3.8, 4) is 0 Å². The maximum Gasteiger partial charge on any atom is 0.139 e. The average Bonchev–Trinajstić information content (AvgIpc) is 1.97. The van der Waals surface area contributed by atoms with E-state index in [-0.39, 0.29) is 0 Å². The molecule has 0 aliphatic carbocycles. The van der Waals surface area contributed by atoms with Crippen molar-refractivity contribution >= 4 is 7.49 Å². The van der Waals surface area contributed by atoms with Crippen molar-refractivity contribution in [1.82, 2.24) is 0 Å². The highest BCUT2D eigenvalue weighted by molar-refractivity contribution is 7.69. The van der Waals surface area contributed by atoms with Crippen LogP contribution in [0.1, 0.15) is 39.5 Å². The summed E-state index contributed by atoms with van der Waals surface area (Å²) in [5.41, 5.74) is 0. The second-order valence-electron chi connectivity index (χ2n) is 3.49. The maximum atomic E-state index is 9.89. The molecule has 0 saturated carbocycles. The maximum absolute atomic E-state index is 9.89. The molecule has 68 valence electrons. The molecular formula is C9H22OP+.